The Morgan fingerprint density at radius 2 is 2.07 bits per heavy atom. The first-order valence-electron chi connectivity index (χ1n) is 4.10. The molecule has 15 heavy (non-hydrogen) atoms. The van der Waals surface area contributed by atoms with Crippen LogP contribution in [0.25, 0.3) is 0 Å². The minimum absolute atomic E-state index is 0. The molecule has 0 spiro atoms. The molecule has 1 aromatic rings. The zero-order valence-electron chi connectivity index (χ0n) is 7.92. The molecule has 0 bridgehead atoms. The number of hydrogen-bond acceptors (Lipinski definition) is 4. The number of carbonyl (C=O) groups is 1. The Bertz CT molecular complexity index is 348. The SMILES string of the molecule is Cl.N#CC(N)C(=O)OCc1ccccc1. The minimum Gasteiger partial charge on any atom is -0.459 e. The van der Waals surface area contributed by atoms with E-state index in [1.54, 1.807) is 6.07 Å². The van der Waals surface area contributed by atoms with Crippen molar-refractivity contribution in [2.45, 2.75) is 12.6 Å². The summed E-state index contributed by atoms with van der Waals surface area (Å²) in [5.74, 6) is -0.698. The zero-order chi connectivity index (χ0) is 10.4. The molecule has 0 fully saturated rings. The van der Waals surface area contributed by atoms with Crippen LogP contribution in [0.3, 0.4) is 0 Å². The number of carbonyl (C=O) groups excluding carboxylic acids is 1. The lowest BCUT2D eigenvalue weighted by molar-refractivity contribution is -0.145. The van der Waals surface area contributed by atoms with Gasteiger partial charge < -0.3 is 10.5 Å². The van der Waals surface area contributed by atoms with Crippen molar-refractivity contribution in [1.82, 2.24) is 0 Å². The van der Waals surface area contributed by atoms with Gasteiger partial charge in [-0.15, -0.1) is 12.4 Å². The highest BCUT2D eigenvalue weighted by Gasteiger charge is 2.13. The summed E-state index contributed by atoms with van der Waals surface area (Å²) in [6.45, 7) is 0.148. The topological polar surface area (TPSA) is 76.1 Å². The van der Waals surface area contributed by atoms with E-state index >= 15 is 0 Å². The van der Waals surface area contributed by atoms with Crippen LogP contribution in [-0.4, -0.2) is 12.0 Å². The van der Waals surface area contributed by atoms with Crippen molar-refractivity contribution in [2.24, 2.45) is 5.73 Å². The molecule has 0 aliphatic rings. The van der Waals surface area contributed by atoms with Crippen molar-refractivity contribution in [3.05, 3.63) is 35.9 Å². The molecule has 1 aromatic carbocycles. The third-order valence-corrected chi connectivity index (χ3v) is 1.62. The van der Waals surface area contributed by atoms with E-state index in [0.717, 1.165) is 5.56 Å². The maximum Gasteiger partial charge on any atom is 0.338 e. The van der Waals surface area contributed by atoms with E-state index in [0.29, 0.717) is 0 Å². The molecule has 0 aliphatic carbocycles. The molecular weight excluding hydrogens is 216 g/mol. The molecule has 0 saturated carbocycles. The molecule has 0 saturated heterocycles. The molecule has 80 valence electrons. The number of hydrogen-bond donors (Lipinski definition) is 1. The summed E-state index contributed by atoms with van der Waals surface area (Å²) in [5.41, 5.74) is 6.01. The normalized spacial score (nSPS) is 10.7. The molecule has 0 aromatic heterocycles. The summed E-state index contributed by atoms with van der Waals surface area (Å²) >= 11 is 0. The van der Waals surface area contributed by atoms with Crippen LogP contribution in [0.1, 0.15) is 5.56 Å². The fourth-order valence-electron chi connectivity index (χ4n) is 0.871. The smallest absolute Gasteiger partial charge is 0.338 e. The van der Waals surface area contributed by atoms with Gasteiger partial charge in [-0.25, -0.2) is 4.79 Å². The largest absolute Gasteiger partial charge is 0.459 e. The summed E-state index contributed by atoms with van der Waals surface area (Å²) in [5, 5.41) is 8.33. The Labute approximate surface area is 94.1 Å². The molecule has 0 heterocycles. The van der Waals surface area contributed by atoms with E-state index in [2.05, 4.69) is 0 Å². The van der Waals surface area contributed by atoms with Gasteiger partial charge in [-0.3, -0.25) is 0 Å². The van der Waals surface area contributed by atoms with Gasteiger partial charge in [-0.05, 0) is 5.56 Å². The third kappa shape index (κ3) is 4.45. The van der Waals surface area contributed by atoms with Crippen LogP contribution in [0.15, 0.2) is 30.3 Å². The fraction of sp³-hybridized carbons (Fsp3) is 0.200. The van der Waals surface area contributed by atoms with E-state index in [4.69, 9.17) is 15.7 Å². The first kappa shape index (κ1) is 13.4. The Morgan fingerprint density at radius 3 is 2.60 bits per heavy atom. The van der Waals surface area contributed by atoms with Gasteiger partial charge in [0.1, 0.15) is 6.61 Å². The molecule has 0 radical (unpaired) electrons. The van der Waals surface area contributed by atoms with Crippen LogP contribution in [0, 0.1) is 11.3 Å². The van der Waals surface area contributed by atoms with Gasteiger partial charge >= 0.3 is 5.97 Å². The van der Waals surface area contributed by atoms with Crippen molar-refractivity contribution in [2.75, 3.05) is 0 Å². The summed E-state index contributed by atoms with van der Waals surface area (Å²) in [6, 6.07) is 9.61. The van der Waals surface area contributed by atoms with E-state index in [-0.39, 0.29) is 19.0 Å². The molecule has 5 heteroatoms. The van der Waals surface area contributed by atoms with Crippen molar-refractivity contribution in [3.63, 3.8) is 0 Å². The molecule has 1 rings (SSSR count). The van der Waals surface area contributed by atoms with E-state index in [1.165, 1.54) is 0 Å². The first-order valence-corrected chi connectivity index (χ1v) is 4.10. The molecule has 0 amide bonds. The summed E-state index contributed by atoms with van der Waals surface area (Å²) in [7, 11) is 0. The predicted molar refractivity (Wildman–Crippen MR) is 57.1 cm³/mol. The molecule has 4 nitrogen and oxygen atoms in total. The van der Waals surface area contributed by atoms with E-state index in [9.17, 15) is 4.79 Å². The Kier molecular flexibility index (Phi) is 6.11. The van der Waals surface area contributed by atoms with Gasteiger partial charge in [0.25, 0.3) is 0 Å². The average Bonchev–Trinajstić information content (AvgIpc) is 2.26. The lowest BCUT2D eigenvalue weighted by atomic mass is 10.2. The quantitative estimate of drug-likeness (QED) is 0.781. The van der Waals surface area contributed by atoms with Crippen molar-refractivity contribution in [3.8, 4) is 6.07 Å². The monoisotopic (exact) mass is 226 g/mol. The van der Waals surface area contributed by atoms with Crippen molar-refractivity contribution in [1.29, 1.82) is 5.26 Å². The number of nitrogens with two attached hydrogens (primary N) is 1. The number of benzene rings is 1. The molecule has 2 N–H and O–H groups in total. The maximum absolute atomic E-state index is 11.0. The molecule has 1 unspecified atom stereocenters. The third-order valence-electron chi connectivity index (χ3n) is 1.62. The van der Waals surface area contributed by atoms with Crippen molar-refractivity contribution >= 4 is 18.4 Å². The maximum atomic E-state index is 11.0. The highest BCUT2D eigenvalue weighted by Crippen LogP contribution is 2.00. The van der Waals surface area contributed by atoms with Crippen LogP contribution >= 0.6 is 12.4 Å². The van der Waals surface area contributed by atoms with Gasteiger partial charge in [0, 0.05) is 0 Å². The van der Waals surface area contributed by atoms with E-state index in [1.807, 2.05) is 30.3 Å². The van der Waals surface area contributed by atoms with Crippen LogP contribution in [0.2, 0.25) is 0 Å². The summed E-state index contributed by atoms with van der Waals surface area (Å²) in [6.07, 6.45) is 0. The molecule has 1 atom stereocenters. The molecular formula is C10H11ClN2O2. The first-order chi connectivity index (χ1) is 6.74. The van der Waals surface area contributed by atoms with Crippen LogP contribution in [-0.2, 0) is 16.1 Å². The van der Waals surface area contributed by atoms with Gasteiger partial charge in [0.2, 0.25) is 0 Å². The standard InChI is InChI=1S/C10H10N2O2.ClH/c11-6-9(12)10(13)14-7-8-4-2-1-3-5-8;/h1-5,9H,7,12H2;1H. The van der Waals surface area contributed by atoms with Gasteiger partial charge in [-0.2, -0.15) is 5.26 Å². The number of halogens is 1. The lowest BCUT2D eigenvalue weighted by Gasteiger charge is -2.05. The number of rotatable bonds is 3. The van der Waals surface area contributed by atoms with Crippen LogP contribution in [0.4, 0.5) is 0 Å². The van der Waals surface area contributed by atoms with Gasteiger partial charge in [0.15, 0.2) is 6.04 Å². The Morgan fingerprint density at radius 1 is 1.47 bits per heavy atom. The summed E-state index contributed by atoms with van der Waals surface area (Å²) < 4.78 is 4.79. The lowest BCUT2D eigenvalue weighted by Crippen LogP contribution is -2.30. The Balaban J connectivity index is 0.00000196. The van der Waals surface area contributed by atoms with Gasteiger partial charge in [-0.1, -0.05) is 30.3 Å². The fourth-order valence-corrected chi connectivity index (χ4v) is 0.871. The predicted octanol–water partition coefficient (Wildman–Crippen LogP) is 1.00. The van der Waals surface area contributed by atoms with Crippen LogP contribution in [0.5, 0.6) is 0 Å². The average molecular weight is 227 g/mol. The zero-order valence-corrected chi connectivity index (χ0v) is 8.74. The van der Waals surface area contributed by atoms with Crippen molar-refractivity contribution < 1.29 is 9.53 Å². The second-order valence-corrected chi connectivity index (χ2v) is 2.70. The van der Waals surface area contributed by atoms with Crippen LogP contribution < -0.4 is 5.73 Å². The second-order valence-electron chi connectivity index (χ2n) is 2.70. The van der Waals surface area contributed by atoms with Gasteiger partial charge in [0.05, 0.1) is 6.07 Å². The number of nitrogens with zero attached hydrogens (tertiary/aromatic N) is 1. The second kappa shape index (κ2) is 6.82. The number of nitriles is 1. The number of ether oxygens (including phenoxy) is 1. The highest BCUT2D eigenvalue weighted by atomic mass is 35.5. The molecule has 0 aliphatic heterocycles. The number of esters is 1. The minimum atomic E-state index is -1.20. The highest BCUT2D eigenvalue weighted by molar-refractivity contribution is 5.85. The summed E-state index contributed by atoms with van der Waals surface area (Å²) in [4.78, 5) is 11.0. The van der Waals surface area contributed by atoms with E-state index < -0.39 is 12.0 Å². The Hall–Kier alpha value is -1.57.